The van der Waals surface area contributed by atoms with Gasteiger partial charge in [0.15, 0.2) is 5.79 Å². The smallest absolute Gasteiger partial charge is 0.245 e. The largest absolute Gasteiger partial charge is 0.347 e. The molecule has 0 spiro atoms. The van der Waals surface area contributed by atoms with Crippen LogP contribution in [0.4, 0.5) is 0 Å². The van der Waals surface area contributed by atoms with Crippen LogP contribution in [-0.2, 0) is 14.3 Å². The van der Waals surface area contributed by atoms with Crippen LogP contribution in [0.1, 0.15) is 25.8 Å². The van der Waals surface area contributed by atoms with Gasteiger partial charge in [-0.3, -0.25) is 4.79 Å². The summed E-state index contributed by atoms with van der Waals surface area (Å²) in [5, 5.41) is 4.07. The average Bonchev–Trinajstić information content (AvgIpc) is 2.83. The molecule has 0 radical (unpaired) electrons. The van der Waals surface area contributed by atoms with Gasteiger partial charge in [-0.05, 0) is 19.4 Å². The number of carbonyl (C=O) groups excluding carboxylic acids is 1. The molecule has 1 heterocycles. The lowest BCUT2D eigenvalue weighted by Gasteiger charge is -2.20. The number of carbonyl (C=O) groups is 1. The average molecular weight is 262 g/mol. The molecular formula is C14H18N2O3. The number of hydrogen-bond acceptors (Lipinski definition) is 4. The minimum atomic E-state index is -0.819. The number of ether oxygens (including phenoxy) is 2. The Morgan fingerprint density at radius 2 is 1.95 bits per heavy atom. The van der Waals surface area contributed by atoms with Gasteiger partial charge >= 0.3 is 0 Å². The molecule has 1 aliphatic rings. The number of hydrogen-bond donors (Lipinski definition) is 1. The van der Waals surface area contributed by atoms with Crippen LogP contribution in [0, 0.1) is 0 Å². The Labute approximate surface area is 112 Å². The second-order valence-corrected chi connectivity index (χ2v) is 4.61. The fourth-order valence-electron chi connectivity index (χ4n) is 1.88. The summed E-state index contributed by atoms with van der Waals surface area (Å²) in [4.78, 5) is 11.8. The molecule has 19 heavy (non-hydrogen) atoms. The van der Waals surface area contributed by atoms with E-state index >= 15 is 0 Å². The van der Waals surface area contributed by atoms with Crippen molar-refractivity contribution in [1.82, 2.24) is 5.43 Å². The second kappa shape index (κ2) is 5.95. The summed E-state index contributed by atoms with van der Waals surface area (Å²) in [5.74, 6) is -1.04. The zero-order valence-electron chi connectivity index (χ0n) is 11.2. The van der Waals surface area contributed by atoms with Gasteiger partial charge in [-0.1, -0.05) is 30.3 Å². The van der Waals surface area contributed by atoms with Gasteiger partial charge in [0.05, 0.1) is 25.3 Å². The summed E-state index contributed by atoms with van der Waals surface area (Å²) >= 11 is 0. The lowest BCUT2D eigenvalue weighted by Crippen LogP contribution is -2.33. The van der Waals surface area contributed by atoms with Crippen LogP contribution >= 0.6 is 0 Å². The number of amides is 1. The Kier molecular flexibility index (Phi) is 4.29. The first-order chi connectivity index (χ1) is 9.09. The summed E-state index contributed by atoms with van der Waals surface area (Å²) in [6, 6.07) is 9.67. The fraction of sp³-hybridized carbons (Fsp3) is 0.429. The topological polar surface area (TPSA) is 59.9 Å². The number of nitrogens with one attached hydrogen (secondary N) is 1. The van der Waals surface area contributed by atoms with E-state index in [4.69, 9.17) is 9.47 Å². The van der Waals surface area contributed by atoms with Gasteiger partial charge in [-0.2, -0.15) is 5.10 Å². The minimum absolute atomic E-state index is 0.137. The molecule has 0 atom stereocenters. The van der Waals surface area contributed by atoms with Crippen LogP contribution in [-0.4, -0.2) is 30.6 Å². The maximum absolute atomic E-state index is 11.8. The molecule has 0 bridgehead atoms. The van der Waals surface area contributed by atoms with Crippen molar-refractivity contribution in [3.05, 3.63) is 35.9 Å². The van der Waals surface area contributed by atoms with Crippen molar-refractivity contribution in [2.75, 3.05) is 13.2 Å². The van der Waals surface area contributed by atoms with Crippen molar-refractivity contribution in [3.63, 3.8) is 0 Å². The number of hydrazone groups is 1. The molecule has 0 saturated carbocycles. The van der Waals surface area contributed by atoms with Gasteiger partial charge in [-0.25, -0.2) is 5.43 Å². The maximum atomic E-state index is 11.8. The SMILES string of the molecule is CC(=NNC(=O)CC1(C)OCCO1)c1ccccc1. The van der Waals surface area contributed by atoms with Crippen molar-refractivity contribution in [1.29, 1.82) is 0 Å². The third kappa shape index (κ3) is 3.87. The normalized spacial score (nSPS) is 18.3. The second-order valence-electron chi connectivity index (χ2n) is 4.61. The Morgan fingerprint density at radius 1 is 1.32 bits per heavy atom. The van der Waals surface area contributed by atoms with E-state index in [9.17, 15) is 4.79 Å². The van der Waals surface area contributed by atoms with Crippen LogP contribution < -0.4 is 5.43 Å². The first-order valence-electron chi connectivity index (χ1n) is 6.25. The van der Waals surface area contributed by atoms with E-state index in [-0.39, 0.29) is 12.3 Å². The molecule has 0 unspecified atom stereocenters. The molecule has 102 valence electrons. The van der Waals surface area contributed by atoms with Gasteiger partial charge in [0.25, 0.3) is 0 Å². The lowest BCUT2D eigenvalue weighted by atomic mass is 10.1. The van der Waals surface area contributed by atoms with Crippen LogP contribution in [0.5, 0.6) is 0 Å². The minimum Gasteiger partial charge on any atom is -0.347 e. The molecular weight excluding hydrogens is 244 g/mol. The predicted molar refractivity (Wildman–Crippen MR) is 71.7 cm³/mol. The first kappa shape index (κ1) is 13.7. The van der Waals surface area contributed by atoms with Crippen molar-refractivity contribution < 1.29 is 14.3 Å². The predicted octanol–water partition coefficient (Wildman–Crippen LogP) is 1.68. The zero-order valence-corrected chi connectivity index (χ0v) is 11.2. The van der Waals surface area contributed by atoms with E-state index in [1.807, 2.05) is 37.3 Å². The van der Waals surface area contributed by atoms with Gasteiger partial charge in [0.1, 0.15) is 0 Å². The first-order valence-corrected chi connectivity index (χ1v) is 6.25. The number of nitrogens with zero attached hydrogens (tertiary/aromatic N) is 1. The molecule has 1 aromatic carbocycles. The molecule has 1 amide bonds. The summed E-state index contributed by atoms with van der Waals surface area (Å²) in [6.07, 6.45) is 0.137. The Balaban J connectivity index is 1.89. The molecule has 1 fully saturated rings. The molecule has 1 aromatic rings. The highest BCUT2D eigenvalue weighted by Crippen LogP contribution is 2.22. The molecule has 2 rings (SSSR count). The molecule has 1 saturated heterocycles. The quantitative estimate of drug-likeness (QED) is 0.663. The molecule has 5 nitrogen and oxygen atoms in total. The Bertz CT molecular complexity index is 465. The number of rotatable bonds is 4. The highest BCUT2D eigenvalue weighted by molar-refractivity contribution is 5.99. The standard InChI is InChI=1S/C14H18N2O3/c1-11(12-6-4-3-5-7-12)15-16-13(17)10-14(2)18-8-9-19-14/h3-7H,8-10H2,1-2H3,(H,16,17). The van der Waals surface area contributed by atoms with Gasteiger partial charge < -0.3 is 9.47 Å². The lowest BCUT2D eigenvalue weighted by molar-refractivity contribution is -0.159. The van der Waals surface area contributed by atoms with Crippen molar-refractivity contribution >= 4 is 11.6 Å². The molecule has 1 aliphatic heterocycles. The number of benzene rings is 1. The van der Waals surface area contributed by atoms with E-state index in [1.54, 1.807) is 6.92 Å². The van der Waals surface area contributed by atoms with Gasteiger partial charge in [0.2, 0.25) is 5.91 Å². The van der Waals surface area contributed by atoms with Gasteiger partial charge in [-0.15, -0.1) is 0 Å². The monoisotopic (exact) mass is 262 g/mol. The van der Waals surface area contributed by atoms with E-state index in [2.05, 4.69) is 10.5 Å². The third-order valence-electron chi connectivity index (χ3n) is 2.92. The molecule has 1 N–H and O–H groups in total. The van der Waals surface area contributed by atoms with E-state index in [1.165, 1.54) is 0 Å². The van der Waals surface area contributed by atoms with E-state index < -0.39 is 5.79 Å². The van der Waals surface area contributed by atoms with Crippen LogP contribution in [0.2, 0.25) is 0 Å². The molecule has 0 aromatic heterocycles. The fourth-order valence-corrected chi connectivity index (χ4v) is 1.88. The summed E-state index contributed by atoms with van der Waals surface area (Å²) in [5.41, 5.74) is 4.25. The maximum Gasteiger partial charge on any atom is 0.245 e. The van der Waals surface area contributed by atoms with Gasteiger partial charge in [0, 0.05) is 0 Å². The highest BCUT2D eigenvalue weighted by atomic mass is 16.7. The zero-order chi connectivity index (χ0) is 13.7. The van der Waals surface area contributed by atoms with Crippen molar-refractivity contribution in [3.8, 4) is 0 Å². The van der Waals surface area contributed by atoms with Crippen molar-refractivity contribution in [2.45, 2.75) is 26.1 Å². The van der Waals surface area contributed by atoms with E-state index in [0.717, 1.165) is 11.3 Å². The summed E-state index contributed by atoms with van der Waals surface area (Å²) in [6.45, 7) is 4.65. The third-order valence-corrected chi connectivity index (χ3v) is 2.92. The summed E-state index contributed by atoms with van der Waals surface area (Å²) in [7, 11) is 0. The molecule has 5 heteroatoms. The van der Waals surface area contributed by atoms with Crippen LogP contribution in [0.3, 0.4) is 0 Å². The van der Waals surface area contributed by atoms with Crippen LogP contribution in [0.25, 0.3) is 0 Å². The van der Waals surface area contributed by atoms with Crippen LogP contribution in [0.15, 0.2) is 35.4 Å². The Morgan fingerprint density at radius 3 is 2.58 bits per heavy atom. The highest BCUT2D eigenvalue weighted by Gasteiger charge is 2.33. The Hall–Kier alpha value is -1.72. The van der Waals surface area contributed by atoms with E-state index in [0.29, 0.717) is 13.2 Å². The van der Waals surface area contributed by atoms with Crippen molar-refractivity contribution in [2.24, 2.45) is 5.10 Å². The molecule has 0 aliphatic carbocycles. The summed E-state index contributed by atoms with van der Waals surface area (Å²) < 4.78 is 10.7.